The highest BCUT2D eigenvalue weighted by atomic mass is 79.9. The molecule has 1 aromatic heterocycles. The lowest BCUT2D eigenvalue weighted by molar-refractivity contribution is 1.06. The number of hydrogen-bond donors (Lipinski definition) is 1. The van der Waals surface area contributed by atoms with Gasteiger partial charge >= 0.3 is 0 Å². The molecule has 0 saturated carbocycles. The zero-order chi connectivity index (χ0) is 14.4. The molecule has 0 saturated heterocycles. The van der Waals surface area contributed by atoms with Gasteiger partial charge in [-0.25, -0.2) is 0 Å². The van der Waals surface area contributed by atoms with Crippen LogP contribution >= 0.6 is 67.3 Å². The second-order valence-electron chi connectivity index (χ2n) is 4.12. The molecule has 1 N–H and O–H groups in total. The van der Waals surface area contributed by atoms with Crippen LogP contribution in [0.3, 0.4) is 0 Å². The van der Waals surface area contributed by atoms with Crippen molar-refractivity contribution in [3.8, 4) is 5.69 Å². The molecule has 0 bridgehead atoms. The van der Waals surface area contributed by atoms with E-state index in [2.05, 4.69) is 36.8 Å². The molecule has 0 aliphatic rings. The number of imidazole rings is 1. The number of aromatic amines is 1. The molecular weight excluding hydrogens is 447 g/mol. The van der Waals surface area contributed by atoms with Gasteiger partial charge in [-0.3, -0.25) is 4.57 Å². The van der Waals surface area contributed by atoms with Gasteiger partial charge in [0.05, 0.1) is 26.8 Å². The van der Waals surface area contributed by atoms with Gasteiger partial charge < -0.3 is 4.98 Å². The minimum absolute atomic E-state index is 0.456. The first-order valence-electron chi connectivity index (χ1n) is 5.53. The summed E-state index contributed by atoms with van der Waals surface area (Å²) in [6.45, 7) is 0. The van der Waals surface area contributed by atoms with Gasteiger partial charge in [0, 0.05) is 8.95 Å². The van der Waals surface area contributed by atoms with E-state index in [0.717, 1.165) is 25.7 Å². The lowest BCUT2D eigenvalue weighted by Gasteiger charge is -2.09. The summed E-state index contributed by atoms with van der Waals surface area (Å²) in [6.07, 6.45) is 0. The number of benzene rings is 2. The molecule has 102 valence electrons. The van der Waals surface area contributed by atoms with Gasteiger partial charge in [0.25, 0.3) is 0 Å². The van der Waals surface area contributed by atoms with E-state index in [-0.39, 0.29) is 0 Å². The largest absolute Gasteiger partial charge is 0.330 e. The summed E-state index contributed by atoms with van der Waals surface area (Å²) in [5.74, 6) is 0. The van der Waals surface area contributed by atoms with Crippen LogP contribution in [0.25, 0.3) is 16.7 Å². The van der Waals surface area contributed by atoms with Gasteiger partial charge in [-0.05, 0) is 58.5 Å². The maximum atomic E-state index is 6.35. The predicted octanol–water partition coefficient (Wildman–Crippen LogP) is 6.52. The Hall–Kier alpha value is -0.330. The van der Waals surface area contributed by atoms with Crippen LogP contribution in [0.1, 0.15) is 0 Å². The van der Waals surface area contributed by atoms with E-state index in [1.54, 1.807) is 0 Å². The Balaban J connectivity index is 2.41. The Morgan fingerprint density at radius 1 is 1.05 bits per heavy atom. The van der Waals surface area contributed by atoms with Gasteiger partial charge in [-0.2, -0.15) is 0 Å². The molecule has 0 atom stereocenters. The van der Waals surface area contributed by atoms with Gasteiger partial charge in [-0.15, -0.1) is 0 Å². The fraction of sp³-hybridized carbons (Fsp3) is 0. The Kier molecular flexibility index (Phi) is 3.99. The first-order valence-corrected chi connectivity index (χ1v) is 8.28. The van der Waals surface area contributed by atoms with Gasteiger partial charge in [0.1, 0.15) is 0 Å². The number of nitrogens with zero attached hydrogens (tertiary/aromatic N) is 1. The van der Waals surface area contributed by atoms with Crippen molar-refractivity contribution < 1.29 is 0 Å². The average molecular weight is 453 g/mol. The van der Waals surface area contributed by atoms with E-state index in [0.29, 0.717) is 14.8 Å². The molecule has 0 aliphatic heterocycles. The van der Waals surface area contributed by atoms with E-state index in [4.69, 9.17) is 35.4 Å². The number of nitrogens with one attached hydrogen (secondary N) is 1. The highest BCUT2D eigenvalue weighted by Gasteiger charge is 2.14. The third-order valence-corrected chi connectivity index (χ3v) is 5.44. The highest BCUT2D eigenvalue weighted by molar-refractivity contribution is 9.10. The average Bonchev–Trinajstić information content (AvgIpc) is 2.72. The minimum atomic E-state index is 0.456. The molecule has 0 radical (unpaired) electrons. The second-order valence-corrected chi connectivity index (χ2v) is 7.03. The minimum Gasteiger partial charge on any atom is -0.330 e. The predicted molar refractivity (Wildman–Crippen MR) is 93.9 cm³/mol. The Bertz CT molecular complexity index is 886. The normalized spacial score (nSPS) is 11.2. The van der Waals surface area contributed by atoms with Crippen molar-refractivity contribution in [1.29, 1.82) is 0 Å². The van der Waals surface area contributed by atoms with E-state index >= 15 is 0 Å². The van der Waals surface area contributed by atoms with Crippen molar-refractivity contribution in [3.05, 3.63) is 54.1 Å². The van der Waals surface area contributed by atoms with Crippen LogP contribution in [-0.4, -0.2) is 9.55 Å². The molecule has 3 aromatic rings. The molecule has 2 aromatic carbocycles. The standard InChI is InChI=1S/C13H6Br2Cl2N2S/c14-6-1-3-8-10(5-6)19(13(20)18-8)9-4-2-7(15)11(16)12(9)17/h1-5H,(H,18,20). The van der Waals surface area contributed by atoms with Crippen LogP contribution in [0.4, 0.5) is 0 Å². The van der Waals surface area contributed by atoms with Crippen LogP contribution in [0.5, 0.6) is 0 Å². The molecule has 7 heteroatoms. The molecule has 0 unspecified atom stereocenters. The summed E-state index contributed by atoms with van der Waals surface area (Å²) >= 11 is 24.8. The molecule has 0 aliphatic carbocycles. The lowest BCUT2D eigenvalue weighted by Crippen LogP contribution is -1.95. The monoisotopic (exact) mass is 450 g/mol. The van der Waals surface area contributed by atoms with E-state index in [1.807, 2.05) is 34.9 Å². The first-order chi connectivity index (χ1) is 9.49. The molecule has 0 spiro atoms. The van der Waals surface area contributed by atoms with E-state index in [9.17, 15) is 0 Å². The maximum absolute atomic E-state index is 6.35. The summed E-state index contributed by atoms with van der Waals surface area (Å²) in [7, 11) is 0. The zero-order valence-corrected chi connectivity index (χ0v) is 15.3. The van der Waals surface area contributed by atoms with Crippen molar-refractivity contribution in [3.63, 3.8) is 0 Å². The zero-order valence-electron chi connectivity index (χ0n) is 9.75. The molecule has 1 heterocycles. The van der Waals surface area contributed by atoms with E-state index in [1.165, 1.54) is 0 Å². The van der Waals surface area contributed by atoms with Gasteiger partial charge in [0.2, 0.25) is 0 Å². The number of rotatable bonds is 1. The fourth-order valence-corrected chi connectivity index (χ4v) is 3.51. The van der Waals surface area contributed by atoms with E-state index < -0.39 is 0 Å². The van der Waals surface area contributed by atoms with Crippen LogP contribution in [-0.2, 0) is 0 Å². The number of halogens is 4. The number of aromatic nitrogens is 2. The highest BCUT2D eigenvalue weighted by Crippen LogP contribution is 2.36. The SMILES string of the molecule is S=c1[nH]c2ccc(Br)cc2n1-c1ccc(Br)c(Cl)c1Cl. The van der Waals surface area contributed by atoms with Crippen molar-refractivity contribution in [2.75, 3.05) is 0 Å². The molecule has 3 rings (SSSR count). The quantitative estimate of drug-likeness (QED) is 0.329. The summed E-state index contributed by atoms with van der Waals surface area (Å²) in [6, 6.07) is 9.62. The number of H-pyrrole nitrogens is 1. The smallest absolute Gasteiger partial charge is 0.182 e. The summed E-state index contributed by atoms with van der Waals surface area (Å²) in [5.41, 5.74) is 2.62. The molecular formula is C13H6Br2Cl2N2S. The van der Waals surface area contributed by atoms with Gasteiger partial charge in [-0.1, -0.05) is 39.1 Å². The fourth-order valence-electron chi connectivity index (χ4n) is 2.00. The van der Waals surface area contributed by atoms with Crippen molar-refractivity contribution >= 4 is 78.3 Å². The van der Waals surface area contributed by atoms with Crippen LogP contribution in [0.15, 0.2) is 39.3 Å². The van der Waals surface area contributed by atoms with Crippen molar-refractivity contribution in [1.82, 2.24) is 9.55 Å². The second kappa shape index (κ2) is 5.46. The topological polar surface area (TPSA) is 20.7 Å². The Morgan fingerprint density at radius 3 is 2.55 bits per heavy atom. The molecule has 0 fully saturated rings. The van der Waals surface area contributed by atoms with Crippen molar-refractivity contribution in [2.45, 2.75) is 0 Å². The molecule has 2 nitrogen and oxygen atoms in total. The number of fused-ring (bicyclic) bond motifs is 1. The van der Waals surface area contributed by atoms with Crippen LogP contribution in [0, 0.1) is 4.77 Å². The molecule has 20 heavy (non-hydrogen) atoms. The lowest BCUT2D eigenvalue weighted by atomic mass is 10.3. The van der Waals surface area contributed by atoms with Crippen molar-refractivity contribution in [2.24, 2.45) is 0 Å². The summed E-state index contributed by atoms with van der Waals surface area (Å²) in [5, 5.41) is 0.924. The summed E-state index contributed by atoms with van der Waals surface area (Å²) < 4.78 is 4.15. The Labute approximate surface area is 147 Å². The Morgan fingerprint density at radius 2 is 1.80 bits per heavy atom. The molecule has 0 amide bonds. The third-order valence-electron chi connectivity index (χ3n) is 2.90. The van der Waals surface area contributed by atoms with Crippen LogP contribution in [0.2, 0.25) is 10.0 Å². The first kappa shape index (κ1) is 14.6. The van der Waals surface area contributed by atoms with Gasteiger partial charge in [0.15, 0.2) is 4.77 Å². The van der Waals surface area contributed by atoms with Crippen LogP contribution < -0.4 is 0 Å². The number of hydrogen-bond acceptors (Lipinski definition) is 1. The third kappa shape index (κ3) is 2.35. The maximum Gasteiger partial charge on any atom is 0.182 e. The summed E-state index contributed by atoms with van der Waals surface area (Å²) in [4.78, 5) is 3.16.